The molecule has 0 aliphatic heterocycles. The van der Waals surface area contributed by atoms with Crippen molar-refractivity contribution in [3.8, 4) is 0 Å². The molecular formula is C13H10ClN5O. The first-order valence-corrected chi connectivity index (χ1v) is 6.26. The van der Waals surface area contributed by atoms with Crippen LogP contribution >= 0.6 is 11.6 Å². The maximum atomic E-state index is 12.3. The molecule has 0 unspecified atom stereocenters. The summed E-state index contributed by atoms with van der Waals surface area (Å²) in [5.74, 6) is 0.164. The van der Waals surface area contributed by atoms with E-state index in [-0.39, 0.29) is 5.91 Å². The maximum Gasteiger partial charge on any atom is 0.259 e. The van der Waals surface area contributed by atoms with E-state index in [9.17, 15) is 4.79 Å². The van der Waals surface area contributed by atoms with E-state index in [2.05, 4.69) is 20.4 Å². The molecule has 3 rings (SSSR count). The highest BCUT2D eigenvalue weighted by atomic mass is 35.5. The predicted octanol–water partition coefficient (Wildman–Crippen LogP) is 2.34. The lowest BCUT2D eigenvalue weighted by atomic mass is 10.2. The van der Waals surface area contributed by atoms with Crippen LogP contribution in [-0.2, 0) is 0 Å². The molecule has 0 atom stereocenters. The van der Waals surface area contributed by atoms with Gasteiger partial charge in [0.25, 0.3) is 11.7 Å². The highest BCUT2D eigenvalue weighted by molar-refractivity contribution is 6.33. The molecule has 1 aromatic carbocycles. The second-order valence-corrected chi connectivity index (χ2v) is 4.59. The first-order valence-electron chi connectivity index (χ1n) is 5.88. The molecule has 0 saturated carbocycles. The number of halogens is 1. The lowest BCUT2D eigenvalue weighted by molar-refractivity contribution is 0.102. The number of amides is 1. The minimum atomic E-state index is -0.291. The average Bonchev–Trinajstić information content (AvgIpc) is 2.87. The number of rotatable bonds is 2. The Balaban J connectivity index is 1.96. The third kappa shape index (κ3) is 2.21. The molecule has 100 valence electrons. The van der Waals surface area contributed by atoms with Gasteiger partial charge in [0.2, 0.25) is 0 Å². The molecule has 2 heterocycles. The number of anilines is 1. The molecule has 20 heavy (non-hydrogen) atoms. The van der Waals surface area contributed by atoms with Gasteiger partial charge in [-0.3, -0.25) is 4.79 Å². The summed E-state index contributed by atoms with van der Waals surface area (Å²) in [4.78, 5) is 20.5. The summed E-state index contributed by atoms with van der Waals surface area (Å²) in [5, 5.41) is 7.20. The molecule has 2 aromatic heterocycles. The molecule has 0 aliphatic carbocycles. The smallest absolute Gasteiger partial charge is 0.259 e. The number of aromatic nitrogens is 4. The van der Waals surface area contributed by atoms with E-state index in [1.165, 1.54) is 10.8 Å². The Morgan fingerprint density at radius 2 is 2.15 bits per heavy atom. The Labute approximate surface area is 119 Å². The summed E-state index contributed by atoms with van der Waals surface area (Å²) >= 11 is 6.02. The van der Waals surface area contributed by atoms with Gasteiger partial charge in [0, 0.05) is 6.20 Å². The lowest BCUT2D eigenvalue weighted by Crippen LogP contribution is -2.15. The van der Waals surface area contributed by atoms with Crippen LogP contribution in [0.15, 0.2) is 36.8 Å². The van der Waals surface area contributed by atoms with Crippen molar-refractivity contribution in [2.75, 3.05) is 5.32 Å². The second kappa shape index (κ2) is 4.90. The van der Waals surface area contributed by atoms with E-state index in [4.69, 9.17) is 11.6 Å². The lowest BCUT2D eigenvalue weighted by Gasteiger charge is -2.08. The van der Waals surface area contributed by atoms with E-state index in [0.717, 1.165) is 0 Å². The van der Waals surface area contributed by atoms with Crippen molar-refractivity contribution in [2.24, 2.45) is 0 Å². The number of aryl methyl sites for hydroxylation is 1. The molecule has 0 radical (unpaired) electrons. The zero-order chi connectivity index (χ0) is 14.1. The SMILES string of the molecule is Cc1nc2ncnn2cc1C(=O)Nc1ccccc1Cl. The van der Waals surface area contributed by atoms with E-state index in [1.54, 1.807) is 37.4 Å². The van der Waals surface area contributed by atoms with Crippen LogP contribution in [-0.4, -0.2) is 25.5 Å². The Bertz CT molecular complexity index is 798. The summed E-state index contributed by atoms with van der Waals surface area (Å²) in [7, 11) is 0. The molecule has 0 spiro atoms. The fraction of sp³-hybridized carbons (Fsp3) is 0.0769. The average molecular weight is 288 g/mol. The molecule has 0 aliphatic rings. The zero-order valence-corrected chi connectivity index (χ0v) is 11.3. The largest absolute Gasteiger partial charge is 0.321 e. The molecule has 1 N–H and O–H groups in total. The van der Waals surface area contributed by atoms with Gasteiger partial charge in [-0.15, -0.1) is 0 Å². The number of hydrogen-bond acceptors (Lipinski definition) is 4. The van der Waals surface area contributed by atoms with Crippen LogP contribution in [0.25, 0.3) is 5.78 Å². The minimum absolute atomic E-state index is 0.291. The number of carbonyl (C=O) groups is 1. The fourth-order valence-corrected chi connectivity index (χ4v) is 2.00. The van der Waals surface area contributed by atoms with Crippen molar-refractivity contribution in [3.63, 3.8) is 0 Å². The van der Waals surface area contributed by atoms with Crippen LogP contribution in [0.1, 0.15) is 16.1 Å². The molecule has 0 bridgehead atoms. The standard InChI is InChI=1S/C13H10ClN5O/c1-8-9(6-19-13(17-8)15-7-16-19)12(20)18-11-5-3-2-4-10(11)14/h2-7H,1H3,(H,18,20). The Hall–Kier alpha value is -2.47. The highest BCUT2D eigenvalue weighted by Gasteiger charge is 2.14. The van der Waals surface area contributed by atoms with Gasteiger partial charge in [0.15, 0.2) is 0 Å². The monoisotopic (exact) mass is 287 g/mol. The normalized spacial score (nSPS) is 10.7. The van der Waals surface area contributed by atoms with Gasteiger partial charge in [0.05, 0.1) is 22.0 Å². The van der Waals surface area contributed by atoms with Crippen LogP contribution in [0.2, 0.25) is 5.02 Å². The summed E-state index contributed by atoms with van der Waals surface area (Å²) in [6, 6.07) is 7.04. The maximum absolute atomic E-state index is 12.3. The van der Waals surface area contributed by atoms with Crippen molar-refractivity contribution in [2.45, 2.75) is 6.92 Å². The van der Waals surface area contributed by atoms with E-state index >= 15 is 0 Å². The quantitative estimate of drug-likeness (QED) is 0.785. The third-order valence-corrected chi connectivity index (χ3v) is 3.16. The summed E-state index contributed by atoms with van der Waals surface area (Å²) in [6.07, 6.45) is 2.98. The van der Waals surface area contributed by atoms with Crippen LogP contribution in [0.3, 0.4) is 0 Å². The predicted molar refractivity (Wildman–Crippen MR) is 74.9 cm³/mol. The first-order chi connectivity index (χ1) is 9.65. The highest BCUT2D eigenvalue weighted by Crippen LogP contribution is 2.21. The Kier molecular flexibility index (Phi) is 3.08. The second-order valence-electron chi connectivity index (χ2n) is 4.18. The Morgan fingerprint density at radius 1 is 1.35 bits per heavy atom. The number of benzene rings is 1. The van der Waals surface area contributed by atoms with Crippen molar-refractivity contribution >= 4 is 29.0 Å². The number of nitrogens with zero attached hydrogens (tertiary/aromatic N) is 4. The summed E-state index contributed by atoms with van der Waals surface area (Å²) in [6.45, 7) is 1.75. The van der Waals surface area contributed by atoms with Gasteiger partial charge in [-0.25, -0.2) is 9.50 Å². The Morgan fingerprint density at radius 3 is 2.95 bits per heavy atom. The molecule has 1 amide bonds. The van der Waals surface area contributed by atoms with Gasteiger partial charge in [0.1, 0.15) is 6.33 Å². The fourth-order valence-electron chi connectivity index (χ4n) is 1.82. The van der Waals surface area contributed by atoms with Gasteiger partial charge < -0.3 is 5.32 Å². The van der Waals surface area contributed by atoms with E-state index < -0.39 is 0 Å². The van der Waals surface area contributed by atoms with Gasteiger partial charge in [-0.2, -0.15) is 10.1 Å². The molecule has 0 fully saturated rings. The topological polar surface area (TPSA) is 72.2 Å². The molecular weight excluding hydrogens is 278 g/mol. The molecule has 0 saturated heterocycles. The number of fused-ring (bicyclic) bond motifs is 1. The van der Waals surface area contributed by atoms with E-state index in [1.807, 2.05) is 0 Å². The van der Waals surface area contributed by atoms with Crippen LogP contribution in [0.4, 0.5) is 5.69 Å². The van der Waals surface area contributed by atoms with Gasteiger partial charge in [-0.1, -0.05) is 23.7 Å². The van der Waals surface area contributed by atoms with Crippen molar-refractivity contribution in [3.05, 3.63) is 53.1 Å². The molecule has 3 aromatic rings. The number of carbonyl (C=O) groups excluding carboxylic acids is 1. The van der Waals surface area contributed by atoms with E-state index in [0.29, 0.717) is 27.7 Å². The minimum Gasteiger partial charge on any atom is -0.321 e. The van der Waals surface area contributed by atoms with Crippen LogP contribution in [0.5, 0.6) is 0 Å². The van der Waals surface area contributed by atoms with Crippen molar-refractivity contribution in [1.29, 1.82) is 0 Å². The van der Waals surface area contributed by atoms with Crippen molar-refractivity contribution in [1.82, 2.24) is 19.6 Å². The zero-order valence-electron chi connectivity index (χ0n) is 10.5. The van der Waals surface area contributed by atoms with Gasteiger partial charge >= 0.3 is 0 Å². The van der Waals surface area contributed by atoms with Gasteiger partial charge in [-0.05, 0) is 19.1 Å². The molecule has 6 nitrogen and oxygen atoms in total. The summed E-state index contributed by atoms with van der Waals surface area (Å²) < 4.78 is 1.45. The summed E-state index contributed by atoms with van der Waals surface area (Å²) in [5.41, 5.74) is 1.55. The first kappa shape index (κ1) is 12.6. The third-order valence-electron chi connectivity index (χ3n) is 2.83. The molecule has 7 heteroatoms. The van der Waals surface area contributed by atoms with Crippen LogP contribution < -0.4 is 5.32 Å². The number of para-hydroxylation sites is 1. The number of nitrogens with one attached hydrogen (secondary N) is 1. The van der Waals surface area contributed by atoms with Crippen molar-refractivity contribution < 1.29 is 4.79 Å². The number of hydrogen-bond donors (Lipinski definition) is 1. The van der Waals surface area contributed by atoms with Crippen LogP contribution in [0, 0.1) is 6.92 Å².